The maximum absolute atomic E-state index is 5.60. The smallest absolute Gasteiger partial charge is 0.533 e. The van der Waals surface area contributed by atoms with Crippen molar-refractivity contribution in [3.63, 3.8) is 0 Å². The van der Waals surface area contributed by atoms with Crippen molar-refractivity contribution >= 4 is 13.8 Å². The van der Waals surface area contributed by atoms with Gasteiger partial charge in [0.05, 0.1) is 11.4 Å². The van der Waals surface area contributed by atoms with Crippen molar-refractivity contribution < 1.29 is 9.31 Å². The van der Waals surface area contributed by atoms with Crippen LogP contribution in [-0.4, -0.2) is 31.5 Å². The molecular weight excluding hydrogens is 179 g/mol. The van der Waals surface area contributed by atoms with Crippen LogP contribution in [0.4, 0.5) is 0 Å². The molecule has 0 aromatic carbocycles. The molecule has 0 N–H and O–H groups in total. The van der Waals surface area contributed by atoms with Gasteiger partial charge in [0.25, 0.3) is 0 Å². The Morgan fingerprint density at radius 3 is 2.50 bits per heavy atom. The molecule has 1 heterocycles. The van der Waals surface area contributed by atoms with Crippen LogP contribution < -0.4 is 0 Å². The van der Waals surface area contributed by atoms with Crippen LogP contribution in [0.25, 0.3) is 0 Å². The topological polar surface area (TPSA) is 34.1 Å². The first-order valence-electron chi connectivity index (χ1n) is 4.31. The molecule has 0 aromatic heterocycles. The molecule has 5 heteroatoms. The van der Waals surface area contributed by atoms with E-state index in [0.717, 1.165) is 0 Å². The van der Waals surface area contributed by atoms with E-state index in [1.807, 2.05) is 13.8 Å². The van der Waals surface area contributed by atoms with E-state index in [1.165, 1.54) is 5.01 Å². The van der Waals surface area contributed by atoms with Crippen LogP contribution in [0.1, 0.15) is 13.8 Å². The number of nitrogens with zero attached hydrogens (tertiary/aromatic N) is 2. The average Bonchev–Trinajstić information content (AvgIpc) is 2.39. The van der Waals surface area contributed by atoms with E-state index in [-0.39, 0.29) is 0 Å². The van der Waals surface area contributed by atoms with Gasteiger partial charge in [0.2, 0.25) is 0 Å². The fraction of sp³-hybridized carbons (Fsp3) is 0.444. The van der Waals surface area contributed by atoms with Gasteiger partial charge in [-0.3, -0.25) is 5.01 Å². The molecule has 1 aliphatic rings. The summed E-state index contributed by atoms with van der Waals surface area (Å²) in [5.41, 5.74) is 0.127. The second-order valence-corrected chi connectivity index (χ2v) is 3.66. The lowest BCUT2D eigenvalue weighted by Gasteiger charge is -2.18. The zero-order chi connectivity index (χ0) is 10.9. The minimum atomic E-state index is -0.520. The Morgan fingerprint density at radius 2 is 2.14 bits per heavy atom. The Labute approximate surface area is 85.0 Å². The monoisotopic (exact) mass is 194 g/mol. The molecule has 0 aliphatic carbocycles. The summed E-state index contributed by atoms with van der Waals surface area (Å²) in [7, 11) is 1.21. The van der Waals surface area contributed by atoms with Crippen LogP contribution in [0.15, 0.2) is 29.6 Å². The molecule has 0 amide bonds. The van der Waals surface area contributed by atoms with Gasteiger partial charge in [0.15, 0.2) is 0 Å². The van der Waals surface area contributed by atoms with Gasteiger partial charge < -0.3 is 9.31 Å². The summed E-state index contributed by atoms with van der Waals surface area (Å²) in [6.45, 7) is 14.8. The molecule has 14 heavy (non-hydrogen) atoms. The van der Waals surface area contributed by atoms with Crippen molar-refractivity contribution in [1.29, 1.82) is 0 Å². The summed E-state index contributed by atoms with van der Waals surface area (Å²) in [6.07, 6.45) is 0. The molecule has 0 atom stereocenters. The summed E-state index contributed by atoms with van der Waals surface area (Å²) >= 11 is 0. The predicted molar refractivity (Wildman–Crippen MR) is 57.6 cm³/mol. The van der Waals surface area contributed by atoms with Gasteiger partial charge in [-0.2, -0.15) is 5.10 Å². The minimum Gasteiger partial charge on any atom is -0.533 e. The number of hydrazone groups is 1. The second kappa shape index (κ2) is 3.50. The standard InChI is InChI=1S/C9H15BN2O2/c1-7-9(3,4)14-10(13-7)8(2)12(6)11-5/h1-2,5H2,3-4,6H3. The van der Waals surface area contributed by atoms with Gasteiger partial charge in [0, 0.05) is 13.8 Å². The molecule has 0 unspecified atom stereocenters. The first-order valence-corrected chi connectivity index (χ1v) is 4.31. The normalized spacial score (nSPS) is 19.1. The minimum absolute atomic E-state index is 0.477. The first kappa shape index (κ1) is 10.9. The van der Waals surface area contributed by atoms with Gasteiger partial charge >= 0.3 is 7.12 Å². The maximum Gasteiger partial charge on any atom is 0.582 e. The summed E-state index contributed by atoms with van der Waals surface area (Å²) in [5.74, 6) is 0.598. The van der Waals surface area contributed by atoms with Crippen LogP contribution in [-0.2, 0) is 9.31 Å². The molecule has 76 valence electrons. The third kappa shape index (κ3) is 1.82. The fourth-order valence-corrected chi connectivity index (χ4v) is 1.01. The average molecular weight is 194 g/mol. The van der Waals surface area contributed by atoms with E-state index < -0.39 is 12.7 Å². The van der Waals surface area contributed by atoms with Crippen LogP contribution in [0.5, 0.6) is 0 Å². The molecule has 1 aliphatic heterocycles. The molecule has 4 nitrogen and oxygen atoms in total. The highest BCUT2D eigenvalue weighted by Gasteiger charge is 2.44. The quantitative estimate of drug-likeness (QED) is 0.387. The van der Waals surface area contributed by atoms with E-state index >= 15 is 0 Å². The van der Waals surface area contributed by atoms with E-state index in [2.05, 4.69) is 25.0 Å². The second-order valence-electron chi connectivity index (χ2n) is 3.66. The highest BCUT2D eigenvalue weighted by Crippen LogP contribution is 2.31. The number of hydrogen-bond acceptors (Lipinski definition) is 4. The lowest BCUT2D eigenvalue weighted by Crippen LogP contribution is -2.30. The summed E-state index contributed by atoms with van der Waals surface area (Å²) in [4.78, 5) is 0. The Balaban J connectivity index is 2.71. The Bertz CT molecular complexity index is 289. The summed E-state index contributed by atoms with van der Waals surface area (Å²) < 4.78 is 11.0. The SMILES string of the molecule is C=NN(C)C(=C)B1OC(=C)C(C)(C)O1. The van der Waals surface area contributed by atoms with Crippen molar-refractivity contribution in [3.05, 3.63) is 24.5 Å². The van der Waals surface area contributed by atoms with Crippen molar-refractivity contribution in [2.45, 2.75) is 19.4 Å². The predicted octanol–water partition coefficient (Wildman–Crippen LogP) is 1.41. The van der Waals surface area contributed by atoms with E-state index in [0.29, 0.717) is 11.4 Å². The van der Waals surface area contributed by atoms with Crippen LogP contribution in [0, 0.1) is 0 Å². The molecule has 0 bridgehead atoms. The van der Waals surface area contributed by atoms with Crippen LogP contribution >= 0.6 is 0 Å². The van der Waals surface area contributed by atoms with E-state index in [1.54, 1.807) is 7.05 Å². The zero-order valence-electron chi connectivity index (χ0n) is 8.91. The van der Waals surface area contributed by atoms with Crippen molar-refractivity contribution in [2.24, 2.45) is 5.10 Å². The molecule has 0 saturated carbocycles. The van der Waals surface area contributed by atoms with Gasteiger partial charge in [-0.15, -0.1) is 0 Å². The van der Waals surface area contributed by atoms with Crippen molar-refractivity contribution in [2.75, 3.05) is 7.05 Å². The molecule has 1 saturated heterocycles. The lowest BCUT2D eigenvalue weighted by molar-refractivity contribution is 0.169. The molecule has 0 aromatic rings. The lowest BCUT2D eigenvalue weighted by atomic mass is 9.85. The zero-order valence-corrected chi connectivity index (χ0v) is 8.91. The van der Waals surface area contributed by atoms with Gasteiger partial charge in [0.1, 0.15) is 5.60 Å². The highest BCUT2D eigenvalue weighted by atomic mass is 16.7. The Hall–Kier alpha value is -1.23. The van der Waals surface area contributed by atoms with Crippen LogP contribution in [0.3, 0.4) is 0 Å². The van der Waals surface area contributed by atoms with E-state index in [4.69, 9.17) is 9.31 Å². The third-order valence-electron chi connectivity index (χ3n) is 2.22. The number of rotatable bonds is 3. The molecule has 0 spiro atoms. The van der Waals surface area contributed by atoms with E-state index in [9.17, 15) is 0 Å². The van der Waals surface area contributed by atoms with Crippen molar-refractivity contribution in [3.8, 4) is 0 Å². The van der Waals surface area contributed by atoms with Crippen LogP contribution in [0.2, 0.25) is 0 Å². The number of hydrogen-bond donors (Lipinski definition) is 0. The summed E-state index contributed by atoms with van der Waals surface area (Å²) in [6, 6.07) is 0. The molecule has 1 rings (SSSR count). The largest absolute Gasteiger partial charge is 0.582 e. The Kier molecular flexibility index (Phi) is 2.71. The van der Waals surface area contributed by atoms with Gasteiger partial charge in [-0.25, -0.2) is 0 Å². The third-order valence-corrected chi connectivity index (χ3v) is 2.22. The fourth-order valence-electron chi connectivity index (χ4n) is 1.01. The van der Waals surface area contributed by atoms with Gasteiger partial charge in [-0.05, 0) is 13.8 Å². The molecule has 0 radical (unpaired) electrons. The van der Waals surface area contributed by atoms with Gasteiger partial charge in [-0.1, -0.05) is 13.2 Å². The summed E-state index contributed by atoms with van der Waals surface area (Å²) in [5, 5.41) is 5.21. The highest BCUT2D eigenvalue weighted by molar-refractivity contribution is 6.54. The maximum atomic E-state index is 5.60. The molecule has 1 fully saturated rings. The van der Waals surface area contributed by atoms with Crippen molar-refractivity contribution in [1.82, 2.24) is 5.01 Å². The molecular formula is C9H15BN2O2. The first-order chi connectivity index (χ1) is 6.38. The Morgan fingerprint density at radius 1 is 1.57 bits per heavy atom.